The van der Waals surface area contributed by atoms with E-state index in [-0.39, 0.29) is 6.04 Å². The summed E-state index contributed by atoms with van der Waals surface area (Å²) >= 11 is 0. The number of carboxylic acids is 1. The van der Waals surface area contributed by atoms with Gasteiger partial charge in [-0.15, -0.1) is 0 Å². The van der Waals surface area contributed by atoms with E-state index in [1.807, 2.05) is 0 Å². The summed E-state index contributed by atoms with van der Waals surface area (Å²) in [6.45, 7) is 4.56. The molecule has 0 aromatic carbocycles. The maximum absolute atomic E-state index is 11.2. The van der Waals surface area contributed by atoms with Gasteiger partial charge in [0.1, 0.15) is 6.04 Å². The highest BCUT2D eigenvalue weighted by molar-refractivity contribution is 5.74. The molecule has 2 rings (SSSR count). The molecule has 2 aliphatic rings. The van der Waals surface area contributed by atoms with Crippen LogP contribution in [0, 0.1) is 17.8 Å². The summed E-state index contributed by atoms with van der Waals surface area (Å²) in [4.78, 5) is 11.2. The van der Waals surface area contributed by atoms with Gasteiger partial charge in [-0.05, 0) is 43.4 Å². The Labute approximate surface area is 104 Å². The Hall–Kier alpha value is -0.570. The van der Waals surface area contributed by atoms with Crippen molar-refractivity contribution in [3.8, 4) is 0 Å². The first kappa shape index (κ1) is 12.9. The molecule has 17 heavy (non-hydrogen) atoms. The summed E-state index contributed by atoms with van der Waals surface area (Å²) in [7, 11) is 0. The second-order valence-electron chi connectivity index (χ2n) is 6.19. The molecular formula is C14H25NO2. The van der Waals surface area contributed by atoms with Crippen molar-refractivity contribution in [2.24, 2.45) is 17.8 Å². The van der Waals surface area contributed by atoms with Crippen molar-refractivity contribution in [2.75, 3.05) is 0 Å². The van der Waals surface area contributed by atoms with Crippen molar-refractivity contribution in [3.05, 3.63) is 0 Å². The predicted molar refractivity (Wildman–Crippen MR) is 67.9 cm³/mol. The van der Waals surface area contributed by atoms with Gasteiger partial charge in [0.15, 0.2) is 0 Å². The van der Waals surface area contributed by atoms with Crippen molar-refractivity contribution < 1.29 is 9.90 Å². The number of hydrogen-bond donors (Lipinski definition) is 2. The largest absolute Gasteiger partial charge is 0.480 e. The predicted octanol–water partition coefficient (Wildman–Crippen LogP) is 2.65. The Morgan fingerprint density at radius 3 is 2.41 bits per heavy atom. The van der Waals surface area contributed by atoms with E-state index in [4.69, 9.17) is 0 Å². The first-order valence-corrected chi connectivity index (χ1v) is 7.06. The molecular weight excluding hydrogens is 214 g/mol. The van der Waals surface area contributed by atoms with Crippen LogP contribution in [0.1, 0.15) is 52.4 Å². The topological polar surface area (TPSA) is 49.3 Å². The third kappa shape index (κ3) is 3.44. The van der Waals surface area contributed by atoms with Crippen LogP contribution >= 0.6 is 0 Å². The van der Waals surface area contributed by atoms with Gasteiger partial charge >= 0.3 is 5.97 Å². The Morgan fingerprint density at radius 2 is 1.88 bits per heavy atom. The normalized spacial score (nSPS) is 31.5. The Bertz CT molecular complexity index is 273. The van der Waals surface area contributed by atoms with Gasteiger partial charge in [-0.3, -0.25) is 4.79 Å². The fourth-order valence-corrected chi connectivity index (χ4v) is 3.08. The molecule has 98 valence electrons. The van der Waals surface area contributed by atoms with Crippen molar-refractivity contribution in [2.45, 2.75) is 64.5 Å². The zero-order valence-corrected chi connectivity index (χ0v) is 11.0. The molecule has 2 N–H and O–H groups in total. The minimum atomic E-state index is -0.654. The lowest BCUT2D eigenvalue weighted by atomic mass is 9.79. The second-order valence-corrected chi connectivity index (χ2v) is 6.19. The fraction of sp³-hybridized carbons (Fsp3) is 0.929. The van der Waals surface area contributed by atoms with Crippen LogP contribution in [0.2, 0.25) is 0 Å². The molecule has 0 aromatic heterocycles. The lowest BCUT2D eigenvalue weighted by Crippen LogP contribution is -2.46. The van der Waals surface area contributed by atoms with Crippen LogP contribution in [0.4, 0.5) is 0 Å². The molecule has 3 atom stereocenters. The van der Waals surface area contributed by atoms with Crippen LogP contribution in [-0.4, -0.2) is 23.2 Å². The fourth-order valence-electron chi connectivity index (χ4n) is 3.08. The van der Waals surface area contributed by atoms with E-state index in [0.717, 1.165) is 37.5 Å². The molecule has 0 aliphatic heterocycles. The molecule has 0 radical (unpaired) electrons. The number of carbonyl (C=O) groups is 1. The van der Waals surface area contributed by atoms with Crippen molar-refractivity contribution in [1.29, 1.82) is 0 Å². The van der Waals surface area contributed by atoms with E-state index in [1.165, 1.54) is 12.8 Å². The van der Waals surface area contributed by atoms with E-state index in [1.54, 1.807) is 0 Å². The van der Waals surface area contributed by atoms with Gasteiger partial charge in [-0.25, -0.2) is 0 Å². The average molecular weight is 239 g/mol. The standard InChI is InChI=1S/C14H25NO2/c1-9(2)11-4-3-5-12(8-11)15-13(14(16)17)10-6-7-10/h9-13,15H,3-8H2,1-2H3,(H,16,17). The van der Waals surface area contributed by atoms with Crippen LogP contribution in [0.15, 0.2) is 0 Å². The second kappa shape index (κ2) is 5.38. The van der Waals surface area contributed by atoms with Gasteiger partial charge in [0.05, 0.1) is 0 Å². The van der Waals surface area contributed by atoms with Gasteiger partial charge in [-0.2, -0.15) is 0 Å². The van der Waals surface area contributed by atoms with Gasteiger partial charge in [-0.1, -0.05) is 26.7 Å². The summed E-state index contributed by atoms with van der Waals surface area (Å²) in [5, 5.41) is 12.6. The van der Waals surface area contributed by atoms with E-state index in [9.17, 15) is 9.90 Å². The minimum absolute atomic E-state index is 0.286. The molecule has 2 fully saturated rings. The molecule has 0 spiro atoms. The number of nitrogens with one attached hydrogen (secondary N) is 1. The van der Waals surface area contributed by atoms with Crippen molar-refractivity contribution >= 4 is 5.97 Å². The number of aliphatic carboxylic acids is 1. The zero-order chi connectivity index (χ0) is 12.4. The van der Waals surface area contributed by atoms with E-state index >= 15 is 0 Å². The van der Waals surface area contributed by atoms with Crippen LogP contribution < -0.4 is 5.32 Å². The highest BCUT2D eigenvalue weighted by atomic mass is 16.4. The summed E-state index contributed by atoms with van der Waals surface area (Å²) in [6.07, 6.45) is 7.05. The van der Waals surface area contributed by atoms with Crippen molar-refractivity contribution in [3.63, 3.8) is 0 Å². The molecule has 0 heterocycles. The quantitative estimate of drug-likeness (QED) is 0.775. The molecule has 2 aliphatic carbocycles. The molecule has 0 saturated heterocycles. The van der Waals surface area contributed by atoms with Gasteiger partial charge in [0, 0.05) is 6.04 Å². The molecule has 0 bridgehead atoms. The van der Waals surface area contributed by atoms with E-state index in [0.29, 0.717) is 12.0 Å². The first-order valence-electron chi connectivity index (χ1n) is 7.06. The third-order valence-electron chi connectivity index (χ3n) is 4.43. The maximum Gasteiger partial charge on any atom is 0.320 e. The van der Waals surface area contributed by atoms with E-state index in [2.05, 4.69) is 19.2 Å². The monoisotopic (exact) mass is 239 g/mol. The SMILES string of the molecule is CC(C)C1CCCC(NC(C(=O)O)C2CC2)C1. The highest BCUT2D eigenvalue weighted by Gasteiger charge is 2.38. The number of hydrogen-bond acceptors (Lipinski definition) is 2. The Morgan fingerprint density at radius 1 is 1.18 bits per heavy atom. The number of carboxylic acid groups (broad SMARTS) is 1. The molecule has 3 heteroatoms. The number of rotatable bonds is 5. The maximum atomic E-state index is 11.2. The molecule has 3 nitrogen and oxygen atoms in total. The summed E-state index contributed by atoms with van der Waals surface area (Å²) in [5.74, 6) is 1.24. The molecule has 2 saturated carbocycles. The molecule has 3 unspecified atom stereocenters. The third-order valence-corrected chi connectivity index (χ3v) is 4.43. The van der Waals surface area contributed by atoms with Crippen LogP contribution in [0.5, 0.6) is 0 Å². The highest BCUT2D eigenvalue weighted by Crippen LogP contribution is 2.35. The lowest BCUT2D eigenvalue weighted by molar-refractivity contribution is -0.140. The first-order chi connectivity index (χ1) is 8.08. The van der Waals surface area contributed by atoms with Gasteiger partial charge in [0.2, 0.25) is 0 Å². The van der Waals surface area contributed by atoms with Crippen LogP contribution in [0.25, 0.3) is 0 Å². The Kier molecular flexibility index (Phi) is 4.08. The smallest absolute Gasteiger partial charge is 0.320 e. The lowest BCUT2D eigenvalue weighted by Gasteiger charge is -2.33. The summed E-state index contributed by atoms with van der Waals surface area (Å²) in [6, 6.07) is 0.142. The van der Waals surface area contributed by atoms with E-state index < -0.39 is 5.97 Å². The van der Waals surface area contributed by atoms with Crippen LogP contribution in [-0.2, 0) is 4.79 Å². The minimum Gasteiger partial charge on any atom is -0.480 e. The van der Waals surface area contributed by atoms with Crippen molar-refractivity contribution in [1.82, 2.24) is 5.32 Å². The van der Waals surface area contributed by atoms with Gasteiger partial charge in [0.25, 0.3) is 0 Å². The summed E-state index contributed by atoms with van der Waals surface area (Å²) < 4.78 is 0. The molecule has 0 amide bonds. The van der Waals surface area contributed by atoms with Crippen LogP contribution in [0.3, 0.4) is 0 Å². The summed E-state index contributed by atoms with van der Waals surface area (Å²) in [5.41, 5.74) is 0. The Balaban J connectivity index is 1.86. The van der Waals surface area contributed by atoms with Gasteiger partial charge < -0.3 is 10.4 Å². The zero-order valence-electron chi connectivity index (χ0n) is 11.0. The average Bonchev–Trinajstić information content (AvgIpc) is 3.09. The molecule has 0 aromatic rings.